The number of rotatable bonds is 19. The Kier molecular flexibility index (Phi) is 44.9. The van der Waals surface area contributed by atoms with E-state index in [2.05, 4.69) is 16.0 Å². The van der Waals surface area contributed by atoms with E-state index in [9.17, 15) is 9.59 Å². The summed E-state index contributed by atoms with van der Waals surface area (Å²) in [6.07, 6.45) is 3.54. The molecule has 0 fully saturated rings. The van der Waals surface area contributed by atoms with Crippen LogP contribution in [0.5, 0.6) is 0 Å². The van der Waals surface area contributed by atoms with Gasteiger partial charge in [0.2, 0.25) is 11.8 Å². The monoisotopic (exact) mass is 480 g/mol. The Hall–Kier alpha value is -1.26. The summed E-state index contributed by atoms with van der Waals surface area (Å²) < 4.78 is 15.6. The van der Waals surface area contributed by atoms with Gasteiger partial charge in [-0.2, -0.15) is 0 Å². The molecule has 0 rings (SSSR count). The van der Waals surface area contributed by atoms with Gasteiger partial charge >= 0.3 is 0 Å². The molecule has 1 unspecified atom stereocenters. The second kappa shape index (κ2) is 38.0. The standard InChI is InChI=1S/C18H38N4O5.3C2H6/c1-20-18(24)16(19)6-3-4-9-22-17(23)7-5-8-21-10-11-26-14-15-27-13-12-25-2;3*1-2/h16,21H,3-15,19H2,1-2H3,(H,20,24)(H,22,23);3*1-2H3. The summed E-state index contributed by atoms with van der Waals surface area (Å²) >= 11 is 0. The van der Waals surface area contributed by atoms with E-state index < -0.39 is 6.04 Å². The molecule has 0 aromatic rings. The second-order valence-electron chi connectivity index (χ2n) is 6.14. The van der Waals surface area contributed by atoms with Crippen LogP contribution in [0, 0.1) is 0 Å². The minimum atomic E-state index is -0.469. The molecule has 33 heavy (non-hydrogen) atoms. The maximum Gasteiger partial charge on any atom is 0.236 e. The summed E-state index contributed by atoms with van der Waals surface area (Å²) in [5, 5.41) is 8.65. The van der Waals surface area contributed by atoms with Crippen molar-refractivity contribution < 1.29 is 23.8 Å². The van der Waals surface area contributed by atoms with Gasteiger partial charge in [0, 0.05) is 33.7 Å². The number of hydrogen-bond acceptors (Lipinski definition) is 7. The van der Waals surface area contributed by atoms with Crippen molar-refractivity contribution in [1.82, 2.24) is 16.0 Å². The zero-order chi connectivity index (χ0) is 26.2. The molecule has 202 valence electrons. The molecule has 0 radical (unpaired) electrons. The van der Waals surface area contributed by atoms with Crippen molar-refractivity contribution in [2.24, 2.45) is 5.73 Å². The van der Waals surface area contributed by atoms with Gasteiger partial charge < -0.3 is 35.9 Å². The Balaban J connectivity index is -0.000000642. The third-order valence-corrected chi connectivity index (χ3v) is 3.83. The van der Waals surface area contributed by atoms with E-state index in [4.69, 9.17) is 19.9 Å². The van der Waals surface area contributed by atoms with Gasteiger partial charge in [-0.3, -0.25) is 9.59 Å². The molecule has 0 aliphatic heterocycles. The van der Waals surface area contributed by atoms with Crippen molar-refractivity contribution in [2.45, 2.75) is 79.7 Å². The van der Waals surface area contributed by atoms with Crippen LogP contribution < -0.4 is 21.7 Å². The summed E-state index contributed by atoms with van der Waals surface area (Å²) in [6.45, 7) is 17.1. The molecular weight excluding hydrogens is 424 g/mol. The Morgan fingerprint density at radius 3 is 1.94 bits per heavy atom. The van der Waals surface area contributed by atoms with Crippen LogP contribution in [0.2, 0.25) is 0 Å². The molecule has 0 aromatic heterocycles. The van der Waals surface area contributed by atoms with E-state index in [-0.39, 0.29) is 11.8 Å². The van der Waals surface area contributed by atoms with Crippen LogP contribution in [0.25, 0.3) is 0 Å². The van der Waals surface area contributed by atoms with Crippen molar-refractivity contribution >= 4 is 11.8 Å². The minimum Gasteiger partial charge on any atom is -0.382 e. The number of likely N-dealkylation sites (N-methyl/N-ethyl adjacent to an activating group) is 1. The van der Waals surface area contributed by atoms with Crippen molar-refractivity contribution in [3.05, 3.63) is 0 Å². The lowest BCUT2D eigenvalue weighted by Crippen LogP contribution is -2.38. The molecule has 1 atom stereocenters. The first-order valence-electron chi connectivity index (χ1n) is 12.7. The van der Waals surface area contributed by atoms with Crippen LogP contribution in [-0.4, -0.2) is 84.7 Å². The highest BCUT2D eigenvalue weighted by Crippen LogP contribution is 1.98. The molecule has 0 saturated carbocycles. The van der Waals surface area contributed by atoms with Crippen LogP contribution in [-0.2, 0) is 23.8 Å². The zero-order valence-electron chi connectivity index (χ0n) is 22.9. The first kappa shape index (κ1) is 39.0. The Bertz CT molecular complexity index is 375. The molecule has 0 aromatic carbocycles. The highest BCUT2D eigenvalue weighted by Gasteiger charge is 2.10. The lowest BCUT2D eigenvalue weighted by Gasteiger charge is -2.10. The van der Waals surface area contributed by atoms with Crippen molar-refractivity contribution in [2.75, 3.05) is 66.8 Å². The number of ether oxygens (including phenoxy) is 3. The number of unbranched alkanes of at least 4 members (excludes halogenated alkanes) is 1. The van der Waals surface area contributed by atoms with Gasteiger partial charge in [-0.25, -0.2) is 0 Å². The lowest BCUT2D eigenvalue weighted by molar-refractivity contribution is -0.122. The maximum absolute atomic E-state index is 11.7. The van der Waals surface area contributed by atoms with Gasteiger partial charge in [-0.05, 0) is 32.2 Å². The van der Waals surface area contributed by atoms with Gasteiger partial charge in [0.15, 0.2) is 0 Å². The smallest absolute Gasteiger partial charge is 0.236 e. The highest BCUT2D eigenvalue weighted by molar-refractivity contribution is 5.81. The van der Waals surface area contributed by atoms with Crippen LogP contribution in [0.15, 0.2) is 0 Å². The maximum atomic E-state index is 11.7. The lowest BCUT2D eigenvalue weighted by atomic mass is 10.1. The Labute approximate surface area is 204 Å². The van der Waals surface area contributed by atoms with E-state index >= 15 is 0 Å². The average Bonchev–Trinajstić information content (AvgIpc) is 2.87. The molecule has 0 aliphatic rings. The fourth-order valence-corrected chi connectivity index (χ4v) is 2.23. The zero-order valence-corrected chi connectivity index (χ0v) is 22.9. The van der Waals surface area contributed by atoms with Gasteiger partial charge in [-0.1, -0.05) is 41.5 Å². The van der Waals surface area contributed by atoms with Crippen LogP contribution in [0.1, 0.15) is 73.6 Å². The van der Waals surface area contributed by atoms with E-state index in [0.717, 1.165) is 32.4 Å². The van der Waals surface area contributed by atoms with Gasteiger partial charge in [-0.15, -0.1) is 0 Å². The third kappa shape index (κ3) is 35.5. The number of amides is 2. The summed E-state index contributed by atoms with van der Waals surface area (Å²) in [5.74, 6) is -0.0933. The van der Waals surface area contributed by atoms with Gasteiger partial charge in [0.1, 0.15) is 0 Å². The summed E-state index contributed by atoms with van der Waals surface area (Å²) in [6, 6.07) is -0.469. The second-order valence-corrected chi connectivity index (χ2v) is 6.14. The van der Waals surface area contributed by atoms with E-state index in [1.165, 1.54) is 0 Å². The summed E-state index contributed by atoms with van der Waals surface area (Å²) in [7, 11) is 3.22. The molecule has 0 aliphatic carbocycles. The van der Waals surface area contributed by atoms with Crippen molar-refractivity contribution in [3.63, 3.8) is 0 Å². The van der Waals surface area contributed by atoms with Crippen LogP contribution in [0.4, 0.5) is 0 Å². The highest BCUT2D eigenvalue weighted by atomic mass is 16.5. The molecule has 0 bridgehead atoms. The first-order valence-corrected chi connectivity index (χ1v) is 12.7. The Morgan fingerprint density at radius 1 is 0.788 bits per heavy atom. The SMILES string of the molecule is CC.CC.CC.CNC(=O)C(N)CCCCNC(=O)CCCNCCOCCOCCOC. The molecular formula is C24H56N4O5. The normalized spacial score (nSPS) is 10.3. The third-order valence-electron chi connectivity index (χ3n) is 3.83. The number of carbonyl (C=O) groups excluding carboxylic acids is 2. The van der Waals surface area contributed by atoms with Gasteiger partial charge in [0.05, 0.1) is 39.1 Å². The van der Waals surface area contributed by atoms with Crippen molar-refractivity contribution in [3.8, 4) is 0 Å². The number of hydrogen-bond donors (Lipinski definition) is 4. The Morgan fingerprint density at radius 2 is 1.36 bits per heavy atom. The van der Waals surface area contributed by atoms with Crippen LogP contribution in [0.3, 0.4) is 0 Å². The van der Waals surface area contributed by atoms with E-state index in [1.807, 2.05) is 41.5 Å². The van der Waals surface area contributed by atoms with Gasteiger partial charge in [0.25, 0.3) is 0 Å². The average molecular weight is 481 g/mol. The summed E-state index contributed by atoms with van der Waals surface area (Å²) in [4.78, 5) is 22.9. The number of nitrogens with two attached hydrogens (primary N) is 1. The quantitative estimate of drug-likeness (QED) is 0.209. The topological polar surface area (TPSA) is 124 Å². The van der Waals surface area contributed by atoms with Crippen molar-refractivity contribution in [1.29, 1.82) is 0 Å². The fraction of sp³-hybridized carbons (Fsp3) is 0.917. The molecule has 9 nitrogen and oxygen atoms in total. The largest absolute Gasteiger partial charge is 0.382 e. The van der Waals surface area contributed by atoms with Crippen LogP contribution >= 0.6 is 0 Å². The molecule has 0 spiro atoms. The molecule has 2 amide bonds. The fourth-order valence-electron chi connectivity index (χ4n) is 2.23. The predicted octanol–water partition coefficient (Wildman–Crippen LogP) is 2.47. The molecule has 0 saturated heterocycles. The molecule has 5 N–H and O–H groups in total. The summed E-state index contributed by atoms with van der Waals surface area (Å²) in [5.41, 5.74) is 5.70. The van der Waals surface area contributed by atoms with E-state index in [0.29, 0.717) is 52.4 Å². The number of carbonyl (C=O) groups is 2. The molecule has 0 heterocycles. The van der Waals surface area contributed by atoms with E-state index in [1.54, 1.807) is 14.2 Å². The minimum absolute atomic E-state index is 0.0526. The first-order chi connectivity index (χ1) is 16.1. The number of methoxy groups -OCH3 is 1. The number of nitrogens with one attached hydrogen (secondary N) is 3. The predicted molar refractivity (Wildman–Crippen MR) is 139 cm³/mol. The molecule has 9 heteroatoms.